The number of hydrogen-bond donors (Lipinski definition) is 0. The van der Waals surface area contributed by atoms with Crippen LogP contribution in [0.1, 0.15) is 17.8 Å². The van der Waals surface area contributed by atoms with Crippen LogP contribution in [0.3, 0.4) is 0 Å². The topological polar surface area (TPSA) is 44.1 Å². The van der Waals surface area contributed by atoms with Crippen molar-refractivity contribution in [1.29, 1.82) is 0 Å². The second-order valence-electron chi connectivity index (χ2n) is 5.70. The molecule has 3 rings (SSSR count). The minimum absolute atomic E-state index is 0.0290. The second kappa shape index (κ2) is 7.84. The van der Waals surface area contributed by atoms with Crippen LogP contribution in [0.4, 0.5) is 13.2 Å². The zero-order chi connectivity index (χ0) is 19.4. The Kier molecular flexibility index (Phi) is 5.51. The predicted molar refractivity (Wildman–Crippen MR) is 94.0 cm³/mol. The molecule has 140 valence electrons. The number of aryl methyl sites for hydroxylation is 1. The number of carbonyl (C=O) groups excluding carboxylic acids is 1. The van der Waals surface area contributed by atoms with Gasteiger partial charge in [-0.05, 0) is 36.4 Å². The molecule has 0 saturated carbocycles. The van der Waals surface area contributed by atoms with E-state index < -0.39 is 17.8 Å². The molecule has 0 amide bonds. The van der Waals surface area contributed by atoms with Crippen molar-refractivity contribution in [2.24, 2.45) is 0 Å². The maximum atomic E-state index is 13.1. The van der Waals surface area contributed by atoms with Gasteiger partial charge in [0.05, 0.1) is 12.1 Å². The third-order valence-electron chi connectivity index (χ3n) is 3.69. The molecule has 0 aliphatic heterocycles. The van der Waals surface area contributed by atoms with Crippen LogP contribution in [0, 0.1) is 0 Å². The molecule has 0 radical (unpaired) electrons. The van der Waals surface area contributed by atoms with Crippen LogP contribution in [0.5, 0.6) is 5.75 Å². The summed E-state index contributed by atoms with van der Waals surface area (Å²) in [4.78, 5) is 12.0. The van der Waals surface area contributed by atoms with Gasteiger partial charge in [-0.15, -0.1) is 0 Å². The summed E-state index contributed by atoms with van der Waals surface area (Å²) in [6.45, 7) is 0. The van der Waals surface area contributed by atoms with E-state index >= 15 is 0 Å². The SMILES string of the molecule is O=C(CCc1cc(C(F)(F)F)nn1-c1cccc(Cl)c1)Oc1ccccc1. The van der Waals surface area contributed by atoms with E-state index in [0.717, 1.165) is 10.7 Å². The number of esters is 1. The number of aromatic nitrogens is 2. The highest BCUT2D eigenvalue weighted by Crippen LogP contribution is 2.30. The molecule has 0 N–H and O–H groups in total. The van der Waals surface area contributed by atoms with Gasteiger partial charge in [-0.25, -0.2) is 4.68 Å². The molecule has 0 atom stereocenters. The monoisotopic (exact) mass is 394 g/mol. The van der Waals surface area contributed by atoms with Gasteiger partial charge in [-0.1, -0.05) is 35.9 Å². The van der Waals surface area contributed by atoms with Crippen molar-refractivity contribution in [2.45, 2.75) is 19.0 Å². The lowest BCUT2D eigenvalue weighted by atomic mass is 10.2. The number of benzene rings is 2. The normalized spacial score (nSPS) is 11.4. The fourth-order valence-electron chi connectivity index (χ4n) is 2.47. The van der Waals surface area contributed by atoms with Crippen LogP contribution in [0.2, 0.25) is 5.02 Å². The van der Waals surface area contributed by atoms with Crippen LogP contribution in [-0.2, 0) is 17.4 Å². The summed E-state index contributed by atoms with van der Waals surface area (Å²) in [5, 5.41) is 4.00. The Labute approximate surface area is 158 Å². The van der Waals surface area contributed by atoms with Crippen molar-refractivity contribution >= 4 is 17.6 Å². The van der Waals surface area contributed by atoms with E-state index in [0.29, 0.717) is 16.5 Å². The highest BCUT2D eigenvalue weighted by atomic mass is 35.5. The minimum atomic E-state index is -4.59. The van der Waals surface area contributed by atoms with E-state index in [-0.39, 0.29) is 18.5 Å². The van der Waals surface area contributed by atoms with E-state index in [1.807, 2.05) is 0 Å². The van der Waals surface area contributed by atoms with Gasteiger partial charge in [-0.3, -0.25) is 4.79 Å². The van der Waals surface area contributed by atoms with Crippen LogP contribution < -0.4 is 4.74 Å². The Morgan fingerprint density at radius 3 is 2.48 bits per heavy atom. The standard InChI is InChI=1S/C19H14ClF3N2O2/c20-13-5-4-6-14(11-13)25-15(12-17(24-25)19(21,22)23)9-10-18(26)27-16-7-2-1-3-8-16/h1-8,11-12H,9-10H2. The first kappa shape index (κ1) is 19.0. The van der Waals surface area contributed by atoms with Gasteiger partial charge < -0.3 is 4.74 Å². The summed E-state index contributed by atoms with van der Waals surface area (Å²) in [5.74, 6) is -0.171. The number of rotatable bonds is 5. The first-order valence-corrected chi connectivity index (χ1v) is 8.38. The van der Waals surface area contributed by atoms with Crippen molar-refractivity contribution in [3.8, 4) is 11.4 Å². The van der Waals surface area contributed by atoms with E-state index in [9.17, 15) is 18.0 Å². The molecule has 8 heteroatoms. The highest BCUT2D eigenvalue weighted by Gasteiger charge is 2.35. The fourth-order valence-corrected chi connectivity index (χ4v) is 2.65. The molecule has 0 aliphatic rings. The number of ether oxygens (including phenoxy) is 1. The largest absolute Gasteiger partial charge is 0.435 e. The van der Waals surface area contributed by atoms with Gasteiger partial charge in [0.25, 0.3) is 0 Å². The molecule has 4 nitrogen and oxygen atoms in total. The first-order valence-electron chi connectivity index (χ1n) is 8.01. The van der Waals surface area contributed by atoms with Gasteiger partial charge in [0.1, 0.15) is 5.75 Å². The molecule has 1 aromatic heterocycles. The predicted octanol–water partition coefficient (Wildman–Crippen LogP) is 5.08. The Morgan fingerprint density at radius 1 is 1.07 bits per heavy atom. The average molecular weight is 395 g/mol. The summed E-state index contributed by atoms with van der Waals surface area (Å²) in [5.41, 5.74) is -0.423. The number of halogens is 4. The lowest BCUT2D eigenvalue weighted by molar-refractivity contribution is -0.141. The van der Waals surface area contributed by atoms with E-state index in [4.69, 9.17) is 16.3 Å². The Hall–Kier alpha value is -2.80. The molecule has 3 aromatic rings. The van der Waals surface area contributed by atoms with E-state index in [1.165, 1.54) is 6.07 Å². The molecule has 0 bridgehead atoms. The second-order valence-corrected chi connectivity index (χ2v) is 6.13. The van der Waals surface area contributed by atoms with E-state index in [1.54, 1.807) is 48.5 Å². The van der Waals surface area contributed by atoms with Crippen molar-refractivity contribution in [1.82, 2.24) is 9.78 Å². The molecule has 0 spiro atoms. The molecular weight excluding hydrogens is 381 g/mol. The van der Waals surface area contributed by atoms with Gasteiger partial charge in [0, 0.05) is 17.1 Å². The Bertz CT molecular complexity index is 940. The zero-order valence-electron chi connectivity index (χ0n) is 13.9. The number of alkyl halides is 3. The Balaban J connectivity index is 1.81. The molecule has 27 heavy (non-hydrogen) atoms. The van der Waals surface area contributed by atoms with Crippen LogP contribution >= 0.6 is 11.6 Å². The number of nitrogens with zero attached hydrogens (tertiary/aromatic N) is 2. The number of carbonyl (C=O) groups is 1. The summed E-state index contributed by atoms with van der Waals surface area (Å²) in [7, 11) is 0. The van der Waals surface area contributed by atoms with Crippen LogP contribution in [0.15, 0.2) is 60.7 Å². The third-order valence-corrected chi connectivity index (χ3v) is 3.92. The number of hydrogen-bond acceptors (Lipinski definition) is 3. The molecule has 0 fully saturated rings. The average Bonchev–Trinajstić information content (AvgIpc) is 3.05. The lowest BCUT2D eigenvalue weighted by Crippen LogP contribution is -2.11. The molecule has 1 heterocycles. The Morgan fingerprint density at radius 2 is 1.81 bits per heavy atom. The smallest absolute Gasteiger partial charge is 0.427 e. The van der Waals surface area contributed by atoms with Gasteiger partial charge in [0.2, 0.25) is 0 Å². The summed E-state index contributed by atoms with van der Waals surface area (Å²) in [6.07, 6.45) is -4.66. The van der Waals surface area contributed by atoms with Gasteiger partial charge >= 0.3 is 12.1 Å². The van der Waals surface area contributed by atoms with Crippen molar-refractivity contribution in [3.05, 3.63) is 77.1 Å². The first-order chi connectivity index (χ1) is 12.8. The fraction of sp³-hybridized carbons (Fsp3) is 0.158. The summed E-state index contributed by atoms with van der Waals surface area (Å²) in [6, 6.07) is 15.7. The molecular formula is C19H14ClF3N2O2. The molecule has 0 aliphatic carbocycles. The highest BCUT2D eigenvalue weighted by molar-refractivity contribution is 6.30. The summed E-state index contributed by atoms with van der Waals surface area (Å²) >= 11 is 5.92. The van der Waals surface area contributed by atoms with Crippen molar-refractivity contribution in [3.63, 3.8) is 0 Å². The number of para-hydroxylation sites is 1. The minimum Gasteiger partial charge on any atom is -0.427 e. The zero-order valence-corrected chi connectivity index (χ0v) is 14.7. The van der Waals surface area contributed by atoms with Gasteiger partial charge in [0.15, 0.2) is 5.69 Å². The van der Waals surface area contributed by atoms with Crippen molar-refractivity contribution < 1.29 is 22.7 Å². The third kappa shape index (κ3) is 4.89. The molecule has 0 saturated heterocycles. The van der Waals surface area contributed by atoms with E-state index in [2.05, 4.69) is 5.10 Å². The summed E-state index contributed by atoms with van der Waals surface area (Å²) < 4.78 is 45.5. The van der Waals surface area contributed by atoms with Crippen molar-refractivity contribution in [2.75, 3.05) is 0 Å². The molecule has 0 unspecified atom stereocenters. The van der Waals surface area contributed by atoms with Gasteiger partial charge in [-0.2, -0.15) is 18.3 Å². The van der Waals surface area contributed by atoms with Crippen LogP contribution in [0.25, 0.3) is 5.69 Å². The lowest BCUT2D eigenvalue weighted by Gasteiger charge is -2.08. The quantitative estimate of drug-likeness (QED) is 0.447. The maximum absolute atomic E-state index is 13.1. The van der Waals surface area contributed by atoms with Crippen LogP contribution in [-0.4, -0.2) is 15.7 Å². The molecule has 2 aromatic carbocycles. The maximum Gasteiger partial charge on any atom is 0.435 e.